The van der Waals surface area contributed by atoms with Gasteiger partial charge in [0.25, 0.3) is 0 Å². The number of benzene rings is 2. The summed E-state index contributed by atoms with van der Waals surface area (Å²) >= 11 is 0. The van der Waals surface area contributed by atoms with E-state index in [0.29, 0.717) is 18.7 Å². The number of nitrogens with zero attached hydrogens (tertiary/aromatic N) is 1. The van der Waals surface area contributed by atoms with Gasteiger partial charge >= 0.3 is 0 Å². The molecule has 1 saturated heterocycles. The van der Waals surface area contributed by atoms with Crippen molar-refractivity contribution < 1.29 is 18.0 Å². The van der Waals surface area contributed by atoms with E-state index in [4.69, 9.17) is 0 Å². The zero-order chi connectivity index (χ0) is 20.5. The Balaban J connectivity index is 1.75. The summed E-state index contributed by atoms with van der Waals surface area (Å²) in [7, 11) is -3.37. The van der Waals surface area contributed by atoms with Gasteiger partial charge in [0, 0.05) is 17.9 Å². The quantitative estimate of drug-likeness (QED) is 0.782. The lowest BCUT2D eigenvalue weighted by atomic mass is 10.1. The van der Waals surface area contributed by atoms with Crippen molar-refractivity contribution in [2.45, 2.75) is 32.1 Å². The Morgan fingerprint density at radius 2 is 1.89 bits per heavy atom. The van der Waals surface area contributed by atoms with Gasteiger partial charge < -0.3 is 10.2 Å². The summed E-state index contributed by atoms with van der Waals surface area (Å²) in [5.41, 5.74) is 3.40. The Labute approximate surface area is 165 Å². The molecule has 1 fully saturated rings. The maximum Gasteiger partial charge on any atom is 0.239 e. The summed E-state index contributed by atoms with van der Waals surface area (Å²) in [5.74, 6) is -1.45. The summed E-state index contributed by atoms with van der Waals surface area (Å²) in [6.07, 6.45) is 0.421. The third-order valence-corrected chi connectivity index (χ3v) is 6.90. The van der Waals surface area contributed by atoms with Crippen LogP contribution in [0.3, 0.4) is 0 Å². The number of amides is 2. The summed E-state index contributed by atoms with van der Waals surface area (Å²) in [4.78, 5) is 27.2. The van der Waals surface area contributed by atoms with Crippen LogP contribution in [0.4, 0.5) is 11.4 Å². The van der Waals surface area contributed by atoms with Crippen LogP contribution in [0, 0.1) is 19.8 Å². The van der Waals surface area contributed by atoms with Gasteiger partial charge in [-0.15, -0.1) is 0 Å². The van der Waals surface area contributed by atoms with Crippen LogP contribution >= 0.6 is 0 Å². The first-order chi connectivity index (χ1) is 13.2. The van der Waals surface area contributed by atoms with Gasteiger partial charge in [-0.2, -0.15) is 0 Å². The number of anilines is 2. The lowest BCUT2D eigenvalue weighted by Crippen LogP contribution is -2.33. The highest BCUT2D eigenvalue weighted by atomic mass is 32.2. The van der Waals surface area contributed by atoms with E-state index in [-0.39, 0.29) is 16.6 Å². The van der Waals surface area contributed by atoms with E-state index in [1.165, 1.54) is 12.1 Å². The molecule has 0 aliphatic carbocycles. The molecule has 0 bridgehead atoms. The molecule has 1 unspecified atom stereocenters. The zero-order valence-corrected chi connectivity index (χ0v) is 17.0. The van der Waals surface area contributed by atoms with Gasteiger partial charge in [-0.25, -0.2) is 8.42 Å². The van der Waals surface area contributed by atoms with Crippen LogP contribution in [-0.4, -0.2) is 32.5 Å². The van der Waals surface area contributed by atoms with E-state index in [9.17, 15) is 18.0 Å². The third kappa shape index (κ3) is 3.94. The Kier molecular flexibility index (Phi) is 5.56. The number of rotatable bonds is 5. The summed E-state index contributed by atoms with van der Waals surface area (Å²) < 4.78 is 24.0. The summed E-state index contributed by atoms with van der Waals surface area (Å²) in [5, 5.41) is 2.69. The summed E-state index contributed by atoms with van der Waals surface area (Å²) in [6, 6.07) is 11.9. The average molecular weight is 401 g/mol. The third-order valence-electron chi connectivity index (χ3n) is 5.16. The van der Waals surface area contributed by atoms with Crippen LogP contribution in [0.5, 0.6) is 0 Å². The van der Waals surface area contributed by atoms with Gasteiger partial charge in [0.2, 0.25) is 11.8 Å². The second kappa shape index (κ2) is 7.75. The number of aryl methyl sites for hydroxylation is 2. The monoisotopic (exact) mass is 400 g/mol. The largest absolute Gasteiger partial charge is 0.325 e. The Morgan fingerprint density at radius 1 is 1.14 bits per heavy atom. The van der Waals surface area contributed by atoms with Crippen molar-refractivity contribution in [3.8, 4) is 0 Å². The second-order valence-corrected chi connectivity index (χ2v) is 9.30. The molecule has 1 atom stereocenters. The van der Waals surface area contributed by atoms with Gasteiger partial charge in [0.15, 0.2) is 9.84 Å². The van der Waals surface area contributed by atoms with Crippen LogP contribution in [0.25, 0.3) is 0 Å². The van der Waals surface area contributed by atoms with Crippen molar-refractivity contribution >= 4 is 33.0 Å². The van der Waals surface area contributed by atoms with Gasteiger partial charge in [0.05, 0.1) is 10.6 Å². The van der Waals surface area contributed by atoms with E-state index in [1.807, 2.05) is 32.0 Å². The van der Waals surface area contributed by atoms with Gasteiger partial charge in [-0.1, -0.05) is 19.1 Å². The lowest BCUT2D eigenvalue weighted by Gasteiger charge is -2.18. The van der Waals surface area contributed by atoms with Gasteiger partial charge in [0.1, 0.15) is 5.92 Å². The maximum absolute atomic E-state index is 12.8. The Morgan fingerprint density at radius 3 is 2.57 bits per heavy atom. The van der Waals surface area contributed by atoms with Crippen molar-refractivity contribution in [1.82, 2.24) is 0 Å². The maximum atomic E-state index is 12.8. The first kappa shape index (κ1) is 20.1. The highest BCUT2D eigenvalue weighted by molar-refractivity contribution is 7.91. The van der Waals surface area contributed by atoms with Crippen LogP contribution < -0.4 is 10.2 Å². The molecule has 0 aromatic heterocycles. The molecular formula is C21H24N2O4S. The molecule has 1 N–H and O–H groups in total. The highest BCUT2D eigenvalue weighted by Crippen LogP contribution is 2.28. The molecule has 1 aliphatic heterocycles. The number of carbonyl (C=O) groups excluding carboxylic acids is 2. The van der Waals surface area contributed by atoms with Crippen molar-refractivity contribution in [2.75, 3.05) is 22.5 Å². The zero-order valence-electron chi connectivity index (χ0n) is 16.2. The molecule has 28 heavy (non-hydrogen) atoms. The van der Waals surface area contributed by atoms with Crippen LogP contribution in [0.2, 0.25) is 0 Å². The fourth-order valence-corrected chi connectivity index (χ4v) is 4.16. The van der Waals surface area contributed by atoms with Crippen LogP contribution in [-0.2, 0) is 19.4 Å². The minimum atomic E-state index is -3.37. The first-order valence-electron chi connectivity index (χ1n) is 9.25. The van der Waals surface area contributed by atoms with E-state index in [1.54, 1.807) is 24.0 Å². The van der Waals surface area contributed by atoms with Crippen LogP contribution in [0.1, 0.15) is 24.5 Å². The molecule has 0 radical (unpaired) electrons. The van der Waals surface area contributed by atoms with Crippen molar-refractivity contribution in [2.24, 2.45) is 5.92 Å². The molecule has 1 heterocycles. The highest BCUT2D eigenvalue weighted by Gasteiger charge is 2.37. The van der Waals surface area contributed by atoms with Crippen LogP contribution in [0.15, 0.2) is 47.4 Å². The molecule has 0 saturated carbocycles. The second-order valence-electron chi connectivity index (χ2n) is 7.02. The van der Waals surface area contributed by atoms with Gasteiger partial charge in [-0.3, -0.25) is 9.59 Å². The lowest BCUT2D eigenvalue weighted by molar-refractivity contribution is -0.129. The number of nitrogens with one attached hydrogen (secondary N) is 1. The Hall–Kier alpha value is -2.67. The molecule has 6 nitrogen and oxygen atoms in total. The van der Waals surface area contributed by atoms with E-state index < -0.39 is 21.7 Å². The molecule has 2 aromatic rings. The molecule has 7 heteroatoms. The Bertz CT molecular complexity index is 1030. The van der Waals surface area contributed by atoms with E-state index in [0.717, 1.165) is 16.8 Å². The normalized spacial score (nSPS) is 17.0. The fourth-order valence-electron chi connectivity index (χ4n) is 3.24. The predicted octanol–water partition coefficient (Wildman–Crippen LogP) is 3.09. The van der Waals surface area contributed by atoms with Gasteiger partial charge in [-0.05, 0) is 61.7 Å². The fraction of sp³-hybridized carbons (Fsp3) is 0.333. The number of hydrogen-bond acceptors (Lipinski definition) is 4. The average Bonchev–Trinajstić information content (AvgIpc) is 3.05. The molecular weight excluding hydrogens is 376 g/mol. The number of hydrogen-bond donors (Lipinski definition) is 1. The molecule has 0 spiro atoms. The molecule has 2 aromatic carbocycles. The standard InChI is InChI=1S/C21H24N2O4S/c1-4-28(26,27)18-7-5-6-16(13-18)22-20(24)19-10-11-23(21(19)25)17-9-8-14(2)15(3)12-17/h5-9,12-13,19H,4,10-11H2,1-3H3,(H,22,24). The topological polar surface area (TPSA) is 83.6 Å². The van der Waals surface area contributed by atoms with Crippen molar-refractivity contribution in [3.63, 3.8) is 0 Å². The number of sulfone groups is 1. The predicted molar refractivity (Wildman–Crippen MR) is 109 cm³/mol. The van der Waals surface area contributed by atoms with E-state index >= 15 is 0 Å². The van der Waals surface area contributed by atoms with Crippen molar-refractivity contribution in [3.05, 3.63) is 53.6 Å². The molecule has 2 amide bonds. The smallest absolute Gasteiger partial charge is 0.239 e. The molecule has 3 rings (SSSR count). The molecule has 1 aliphatic rings. The summed E-state index contributed by atoms with van der Waals surface area (Å²) in [6.45, 7) is 6.04. The minimum absolute atomic E-state index is 0.0174. The number of carbonyl (C=O) groups is 2. The SMILES string of the molecule is CCS(=O)(=O)c1cccc(NC(=O)C2CCN(c3ccc(C)c(C)c3)C2=O)c1. The van der Waals surface area contributed by atoms with Crippen molar-refractivity contribution in [1.29, 1.82) is 0 Å². The minimum Gasteiger partial charge on any atom is -0.325 e. The first-order valence-corrected chi connectivity index (χ1v) is 10.9. The van der Waals surface area contributed by atoms with E-state index in [2.05, 4.69) is 5.32 Å². The molecule has 148 valence electrons.